The Kier molecular flexibility index (Phi) is 8.15. The van der Waals surface area contributed by atoms with Gasteiger partial charge < -0.3 is 31.3 Å². The van der Waals surface area contributed by atoms with Crippen molar-refractivity contribution in [2.45, 2.75) is 0 Å². The molecule has 1 aromatic heterocycles. The zero-order valence-electron chi connectivity index (χ0n) is 19.0. The van der Waals surface area contributed by atoms with Crippen molar-refractivity contribution in [3.8, 4) is 0 Å². The van der Waals surface area contributed by atoms with Crippen LogP contribution in [0.4, 0.5) is 38.9 Å². The zero-order chi connectivity index (χ0) is 24.5. The molecule has 1 saturated heterocycles. The van der Waals surface area contributed by atoms with Crippen molar-refractivity contribution in [3.63, 3.8) is 0 Å². The minimum Gasteiger partial charge on any atom is -0.395 e. The molecule has 182 valence electrons. The van der Waals surface area contributed by atoms with Crippen LogP contribution in [-0.2, 0) is 4.79 Å². The van der Waals surface area contributed by atoms with Crippen molar-refractivity contribution in [2.24, 2.45) is 4.99 Å². The molecular formula is C24H27FN8O2. The number of rotatable bonds is 9. The van der Waals surface area contributed by atoms with Gasteiger partial charge in [0.1, 0.15) is 0 Å². The molecule has 10 nitrogen and oxygen atoms in total. The van der Waals surface area contributed by atoms with Crippen molar-refractivity contribution in [1.82, 2.24) is 20.2 Å². The van der Waals surface area contributed by atoms with E-state index in [9.17, 15) is 9.18 Å². The molecule has 1 fully saturated rings. The Balaban J connectivity index is 1.43. The molecule has 0 atom stereocenters. The number of halogens is 1. The molecule has 35 heavy (non-hydrogen) atoms. The lowest BCUT2D eigenvalue weighted by Crippen LogP contribution is -2.46. The third-order valence-corrected chi connectivity index (χ3v) is 5.17. The number of piperazine rings is 1. The molecule has 1 aliphatic heterocycles. The lowest BCUT2D eigenvalue weighted by atomic mass is 10.2. The predicted molar refractivity (Wildman–Crippen MR) is 135 cm³/mol. The van der Waals surface area contributed by atoms with Crippen molar-refractivity contribution in [1.29, 1.82) is 0 Å². The normalized spacial score (nSPS) is 13.6. The summed E-state index contributed by atoms with van der Waals surface area (Å²) in [6, 6.07) is 14.3. The highest BCUT2D eigenvalue weighted by Gasteiger charge is 2.14. The summed E-state index contributed by atoms with van der Waals surface area (Å²) < 4.78 is 14.4. The lowest BCUT2D eigenvalue weighted by Gasteiger charge is -2.25. The number of carbonyl (C=O) groups is 1. The Morgan fingerprint density at radius 1 is 1.11 bits per heavy atom. The maximum Gasteiger partial charge on any atom is 0.265 e. The predicted octanol–water partition coefficient (Wildman–Crippen LogP) is 2.64. The molecular weight excluding hydrogens is 451 g/mol. The first-order valence-electron chi connectivity index (χ1n) is 11.3. The monoisotopic (exact) mass is 478 g/mol. The van der Waals surface area contributed by atoms with Gasteiger partial charge in [0.25, 0.3) is 5.91 Å². The molecule has 2 aromatic carbocycles. The molecule has 1 aliphatic rings. The van der Waals surface area contributed by atoms with E-state index < -0.39 is 5.82 Å². The minimum absolute atomic E-state index is 0.00615. The number of aliphatic hydroxyl groups is 1. The first-order valence-corrected chi connectivity index (χ1v) is 11.3. The summed E-state index contributed by atoms with van der Waals surface area (Å²) in [6.45, 7) is 3.29. The number of anilines is 5. The Morgan fingerprint density at radius 3 is 2.66 bits per heavy atom. The van der Waals surface area contributed by atoms with Crippen molar-refractivity contribution >= 4 is 46.6 Å². The van der Waals surface area contributed by atoms with Crippen molar-refractivity contribution in [3.05, 3.63) is 60.5 Å². The van der Waals surface area contributed by atoms with Gasteiger partial charge in [0.05, 0.1) is 24.7 Å². The van der Waals surface area contributed by atoms with Crippen LogP contribution in [0.5, 0.6) is 0 Å². The van der Waals surface area contributed by atoms with Gasteiger partial charge >= 0.3 is 0 Å². The summed E-state index contributed by atoms with van der Waals surface area (Å²) in [4.78, 5) is 26.6. The Hall–Kier alpha value is -4.09. The van der Waals surface area contributed by atoms with E-state index in [0.717, 1.165) is 25.0 Å². The molecule has 0 unspecified atom stereocenters. The van der Waals surface area contributed by atoms with Crippen LogP contribution in [0.2, 0.25) is 0 Å². The maximum atomic E-state index is 14.4. The van der Waals surface area contributed by atoms with E-state index in [0.29, 0.717) is 36.7 Å². The summed E-state index contributed by atoms with van der Waals surface area (Å²) in [7, 11) is 0. The van der Waals surface area contributed by atoms with Crippen LogP contribution in [0.1, 0.15) is 0 Å². The van der Waals surface area contributed by atoms with Gasteiger partial charge in [0.15, 0.2) is 11.6 Å². The van der Waals surface area contributed by atoms with Crippen LogP contribution in [-0.4, -0.2) is 71.4 Å². The van der Waals surface area contributed by atoms with E-state index in [1.807, 2.05) is 6.07 Å². The highest BCUT2D eigenvalue weighted by Crippen LogP contribution is 2.24. The van der Waals surface area contributed by atoms with E-state index in [2.05, 4.69) is 36.2 Å². The second kappa shape index (κ2) is 11.9. The Morgan fingerprint density at radius 2 is 1.86 bits per heavy atom. The van der Waals surface area contributed by atoms with Crippen molar-refractivity contribution < 1.29 is 14.3 Å². The van der Waals surface area contributed by atoms with Gasteiger partial charge in [0.2, 0.25) is 5.95 Å². The lowest BCUT2D eigenvalue weighted by molar-refractivity contribution is -0.124. The second-order valence-corrected chi connectivity index (χ2v) is 7.76. The van der Waals surface area contributed by atoms with Crippen LogP contribution >= 0.6 is 0 Å². The fourth-order valence-electron chi connectivity index (χ4n) is 3.45. The number of hydrogen-bond acceptors (Lipinski definition) is 9. The van der Waals surface area contributed by atoms with Crippen LogP contribution in [0, 0.1) is 5.82 Å². The molecule has 0 aliphatic carbocycles. The highest BCUT2D eigenvalue weighted by atomic mass is 19.1. The van der Waals surface area contributed by atoms with E-state index >= 15 is 0 Å². The SMILES string of the molecule is O=C(C=Nc1cccc(Nc2ncc(F)c(Nc3cccc(NCCO)c3)n2)c1)N1CCNCC1. The molecule has 3 aromatic rings. The average Bonchev–Trinajstić information content (AvgIpc) is 2.89. The number of aromatic nitrogens is 2. The first kappa shape index (κ1) is 24.0. The molecule has 1 amide bonds. The number of nitrogens with one attached hydrogen (secondary N) is 4. The summed E-state index contributed by atoms with van der Waals surface area (Å²) >= 11 is 0. The van der Waals surface area contributed by atoms with E-state index in [1.54, 1.807) is 47.4 Å². The summed E-state index contributed by atoms with van der Waals surface area (Å²) in [5.41, 5.74) is 2.64. The molecule has 11 heteroatoms. The molecule has 0 saturated carbocycles. The number of carbonyl (C=O) groups excluding carboxylic acids is 1. The topological polar surface area (TPSA) is 127 Å². The van der Waals surface area contributed by atoms with E-state index in [1.165, 1.54) is 6.21 Å². The van der Waals surface area contributed by atoms with Gasteiger partial charge in [-0.3, -0.25) is 9.79 Å². The molecule has 2 heterocycles. The average molecular weight is 479 g/mol. The fraction of sp³-hybridized carbons (Fsp3) is 0.250. The number of nitrogens with zero attached hydrogens (tertiary/aromatic N) is 4. The number of aliphatic hydroxyl groups excluding tert-OH is 1. The Bertz CT molecular complexity index is 1180. The minimum atomic E-state index is -0.603. The molecule has 4 rings (SSSR count). The highest BCUT2D eigenvalue weighted by molar-refractivity contribution is 6.26. The van der Waals surface area contributed by atoms with Crippen LogP contribution < -0.4 is 21.3 Å². The standard InChI is InChI=1S/C24H27FN8O2/c25-21-15-29-24(32-23(21)30-19-5-1-3-17(13-19)27-9-12-34)31-20-6-2-4-18(14-20)28-16-22(35)33-10-7-26-8-11-33/h1-6,13-16,26-27,34H,7-12H2,(H2,29,30,31,32). The third-order valence-electron chi connectivity index (χ3n) is 5.17. The second-order valence-electron chi connectivity index (χ2n) is 7.76. The fourth-order valence-corrected chi connectivity index (χ4v) is 3.45. The van der Waals surface area contributed by atoms with E-state index in [-0.39, 0.29) is 24.3 Å². The molecule has 5 N–H and O–H groups in total. The molecule has 0 bridgehead atoms. The van der Waals surface area contributed by atoms with Crippen molar-refractivity contribution in [2.75, 3.05) is 55.3 Å². The summed E-state index contributed by atoms with van der Waals surface area (Å²) in [5, 5.41) is 21.2. The quantitative estimate of drug-likeness (QED) is 0.297. The van der Waals surface area contributed by atoms with Gasteiger partial charge in [0, 0.05) is 49.8 Å². The van der Waals surface area contributed by atoms with Gasteiger partial charge in [-0.05, 0) is 36.4 Å². The number of amides is 1. The van der Waals surface area contributed by atoms with E-state index in [4.69, 9.17) is 5.11 Å². The van der Waals surface area contributed by atoms with Crippen LogP contribution in [0.25, 0.3) is 0 Å². The Labute approximate surface area is 202 Å². The summed E-state index contributed by atoms with van der Waals surface area (Å²) in [5.74, 6) is -0.522. The van der Waals surface area contributed by atoms with Gasteiger partial charge in [-0.25, -0.2) is 9.37 Å². The first-order chi connectivity index (χ1) is 17.1. The number of aliphatic imine (C=N–C) groups is 1. The van der Waals surface area contributed by atoms with Crippen LogP contribution in [0.15, 0.2) is 59.7 Å². The summed E-state index contributed by atoms with van der Waals surface area (Å²) in [6.07, 6.45) is 2.41. The smallest absolute Gasteiger partial charge is 0.265 e. The van der Waals surface area contributed by atoms with Gasteiger partial charge in [-0.2, -0.15) is 4.98 Å². The third kappa shape index (κ3) is 6.95. The molecule has 0 radical (unpaired) electrons. The zero-order valence-corrected chi connectivity index (χ0v) is 19.0. The van der Waals surface area contributed by atoms with Crippen LogP contribution in [0.3, 0.4) is 0 Å². The number of benzene rings is 2. The largest absolute Gasteiger partial charge is 0.395 e. The maximum absolute atomic E-state index is 14.4. The van der Waals surface area contributed by atoms with Gasteiger partial charge in [-0.15, -0.1) is 0 Å². The number of hydrogen-bond donors (Lipinski definition) is 5. The molecule has 0 spiro atoms. The van der Waals surface area contributed by atoms with Gasteiger partial charge in [-0.1, -0.05) is 12.1 Å².